The van der Waals surface area contributed by atoms with Crippen molar-refractivity contribution in [3.05, 3.63) is 11.9 Å². The van der Waals surface area contributed by atoms with Gasteiger partial charge >= 0.3 is 6.02 Å². The van der Waals surface area contributed by atoms with E-state index in [1.54, 1.807) is 12.4 Å². The van der Waals surface area contributed by atoms with Gasteiger partial charge in [-0.2, -0.15) is 4.99 Å². The van der Waals surface area contributed by atoms with Crippen LogP contribution in [0.1, 0.15) is 6.42 Å². The summed E-state index contributed by atoms with van der Waals surface area (Å²) in [5, 5.41) is 0. The molecule has 1 rings (SSSR count). The lowest BCUT2D eigenvalue weighted by Crippen LogP contribution is -2.03. The van der Waals surface area contributed by atoms with Gasteiger partial charge in [-0.3, -0.25) is 4.99 Å². The zero-order valence-corrected chi connectivity index (χ0v) is 6.32. The third-order valence-electron chi connectivity index (χ3n) is 1.16. The molecule has 4 nitrogen and oxygen atoms in total. The van der Waals surface area contributed by atoms with Crippen molar-refractivity contribution in [1.82, 2.24) is 0 Å². The molecule has 4 heteroatoms. The lowest BCUT2D eigenvalue weighted by atomic mass is 10.3. The van der Waals surface area contributed by atoms with E-state index >= 15 is 0 Å². The Kier molecular flexibility index (Phi) is 2.54. The fraction of sp³-hybridized carbons (Fsp3) is 0.286. The number of amidine groups is 1. The van der Waals surface area contributed by atoms with Gasteiger partial charge in [0.25, 0.3) is 0 Å². The minimum Gasteiger partial charge on any atom is -0.467 e. The van der Waals surface area contributed by atoms with E-state index in [0.717, 1.165) is 5.70 Å². The highest BCUT2D eigenvalue weighted by Crippen LogP contribution is 2.07. The van der Waals surface area contributed by atoms with Crippen LogP contribution in [0.15, 0.2) is 26.9 Å². The van der Waals surface area contributed by atoms with Crippen molar-refractivity contribution in [2.75, 3.05) is 7.11 Å². The molecule has 0 aliphatic carbocycles. The Balaban J connectivity index is 2.76. The van der Waals surface area contributed by atoms with E-state index < -0.39 is 0 Å². The quantitative estimate of drug-likeness (QED) is 0.516. The van der Waals surface area contributed by atoms with Gasteiger partial charge in [0.1, 0.15) is 0 Å². The number of allylic oxidation sites excluding steroid dienone is 1. The largest absolute Gasteiger partial charge is 0.467 e. The minimum absolute atomic E-state index is 0.367. The number of nitrogens with zero attached hydrogens (tertiary/aromatic N) is 3. The zero-order chi connectivity index (χ0) is 8.10. The topological polar surface area (TPSA) is 46.3 Å². The molecule has 0 aromatic carbocycles. The summed E-state index contributed by atoms with van der Waals surface area (Å²) in [6.07, 6.45) is 4.00. The van der Waals surface area contributed by atoms with E-state index in [1.807, 2.05) is 0 Å². The van der Waals surface area contributed by atoms with Crippen LogP contribution in [0, 0.1) is 0 Å². The second kappa shape index (κ2) is 3.65. The van der Waals surface area contributed by atoms with Crippen molar-refractivity contribution < 1.29 is 4.74 Å². The highest BCUT2D eigenvalue weighted by atomic mass is 16.5. The predicted molar refractivity (Wildman–Crippen MR) is 45.2 cm³/mol. The maximum atomic E-state index is 4.82. The highest BCUT2D eigenvalue weighted by Gasteiger charge is 2.02. The van der Waals surface area contributed by atoms with Crippen LogP contribution >= 0.6 is 0 Å². The second-order valence-corrected chi connectivity index (χ2v) is 1.92. The molecule has 1 aliphatic heterocycles. The average molecular weight is 151 g/mol. The molecule has 0 atom stereocenters. The first-order chi connectivity index (χ1) is 5.36. The molecule has 11 heavy (non-hydrogen) atoms. The van der Waals surface area contributed by atoms with Crippen LogP contribution in [-0.2, 0) is 4.74 Å². The zero-order valence-electron chi connectivity index (χ0n) is 6.32. The number of ether oxygens (including phenoxy) is 1. The smallest absolute Gasteiger partial charge is 0.316 e. The second-order valence-electron chi connectivity index (χ2n) is 1.92. The van der Waals surface area contributed by atoms with E-state index in [-0.39, 0.29) is 0 Å². The number of hydrogen-bond donors (Lipinski definition) is 0. The van der Waals surface area contributed by atoms with Gasteiger partial charge in [-0.1, -0.05) is 0 Å². The Morgan fingerprint density at radius 2 is 2.64 bits per heavy atom. The standard InChI is InChI=1S/C7H9N3O/c1-8-5-6-3-4-9-7(10-6)11-2/h4-5H,1,3H2,2H3/b6-5+. The Hall–Kier alpha value is -1.45. The first kappa shape index (κ1) is 7.65. The summed E-state index contributed by atoms with van der Waals surface area (Å²) < 4.78 is 4.82. The van der Waals surface area contributed by atoms with E-state index in [4.69, 9.17) is 4.74 Å². The van der Waals surface area contributed by atoms with Gasteiger partial charge in [0, 0.05) is 18.8 Å². The van der Waals surface area contributed by atoms with Crippen molar-refractivity contribution in [2.45, 2.75) is 6.42 Å². The molecule has 0 fully saturated rings. The number of rotatable bonds is 1. The molecule has 0 bridgehead atoms. The van der Waals surface area contributed by atoms with Gasteiger partial charge in [0.05, 0.1) is 12.8 Å². The van der Waals surface area contributed by atoms with Crippen molar-refractivity contribution in [3.63, 3.8) is 0 Å². The summed E-state index contributed by atoms with van der Waals surface area (Å²) in [5.41, 5.74) is 0.812. The molecule has 0 unspecified atom stereocenters. The van der Waals surface area contributed by atoms with E-state index in [0.29, 0.717) is 12.4 Å². The maximum Gasteiger partial charge on any atom is 0.316 e. The third kappa shape index (κ3) is 2.00. The van der Waals surface area contributed by atoms with Crippen LogP contribution in [-0.4, -0.2) is 26.1 Å². The molecule has 0 saturated heterocycles. The normalized spacial score (nSPS) is 19.7. The molecule has 0 spiro atoms. The number of hydrogen-bond acceptors (Lipinski definition) is 4. The summed E-state index contributed by atoms with van der Waals surface area (Å²) >= 11 is 0. The molecule has 1 aliphatic rings. The molecule has 0 aromatic heterocycles. The number of methoxy groups -OCH3 is 1. The summed E-state index contributed by atoms with van der Waals surface area (Å²) in [6, 6.07) is 0.367. The Bertz CT molecular complexity index is 240. The predicted octanol–water partition coefficient (Wildman–Crippen LogP) is 1.01. The molecule has 1 heterocycles. The van der Waals surface area contributed by atoms with Crippen molar-refractivity contribution in [2.24, 2.45) is 15.0 Å². The Morgan fingerprint density at radius 3 is 3.27 bits per heavy atom. The van der Waals surface area contributed by atoms with Crippen LogP contribution in [0.4, 0.5) is 0 Å². The minimum atomic E-state index is 0.367. The van der Waals surface area contributed by atoms with E-state index in [2.05, 4.69) is 21.7 Å². The van der Waals surface area contributed by atoms with Crippen LogP contribution in [0.3, 0.4) is 0 Å². The maximum absolute atomic E-state index is 4.82. The van der Waals surface area contributed by atoms with E-state index in [9.17, 15) is 0 Å². The Morgan fingerprint density at radius 1 is 1.82 bits per heavy atom. The van der Waals surface area contributed by atoms with Crippen LogP contribution in [0.5, 0.6) is 0 Å². The fourth-order valence-corrected chi connectivity index (χ4v) is 0.700. The van der Waals surface area contributed by atoms with Gasteiger partial charge in [0.2, 0.25) is 0 Å². The van der Waals surface area contributed by atoms with Crippen molar-refractivity contribution >= 4 is 19.0 Å². The summed E-state index contributed by atoms with van der Waals surface area (Å²) in [7, 11) is 1.53. The monoisotopic (exact) mass is 151 g/mol. The van der Waals surface area contributed by atoms with E-state index in [1.165, 1.54) is 7.11 Å². The van der Waals surface area contributed by atoms with Gasteiger partial charge in [-0.05, 0) is 6.72 Å². The molecule has 0 saturated carbocycles. The molecule has 58 valence electrons. The van der Waals surface area contributed by atoms with Gasteiger partial charge in [-0.25, -0.2) is 4.99 Å². The highest BCUT2D eigenvalue weighted by molar-refractivity contribution is 5.87. The summed E-state index contributed by atoms with van der Waals surface area (Å²) in [5.74, 6) is 0. The van der Waals surface area contributed by atoms with Crippen LogP contribution in [0.2, 0.25) is 0 Å². The van der Waals surface area contributed by atoms with Crippen LogP contribution < -0.4 is 0 Å². The van der Waals surface area contributed by atoms with Crippen molar-refractivity contribution in [1.29, 1.82) is 0 Å². The summed E-state index contributed by atoms with van der Waals surface area (Å²) in [4.78, 5) is 11.5. The van der Waals surface area contributed by atoms with Gasteiger partial charge in [0.15, 0.2) is 0 Å². The molecule has 0 amide bonds. The van der Waals surface area contributed by atoms with Crippen molar-refractivity contribution in [3.8, 4) is 0 Å². The lowest BCUT2D eigenvalue weighted by molar-refractivity contribution is 0.396. The van der Waals surface area contributed by atoms with Crippen LogP contribution in [0.25, 0.3) is 0 Å². The fourth-order valence-electron chi connectivity index (χ4n) is 0.700. The lowest BCUT2D eigenvalue weighted by Gasteiger charge is -2.04. The SMILES string of the molecule is C=N/C=C1\CC=NC(OC)=N1. The molecule has 0 radical (unpaired) electrons. The Labute approximate surface area is 65.0 Å². The van der Waals surface area contributed by atoms with Gasteiger partial charge < -0.3 is 4.74 Å². The summed E-state index contributed by atoms with van der Waals surface area (Å²) in [6.45, 7) is 3.32. The van der Waals surface area contributed by atoms with Gasteiger partial charge in [-0.15, -0.1) is 0 Å². The molecule has 0 aromatic rings. The first-order valence-corrected chi connectivity index (χ1v) is 3.17. The molecule has 0 N–H and O–H groups in total. The third-order valence-corrected chi connectivity index (χ3v) is 1.16. The first-order valence-electron chi connectivity index (χ1n) is 3.17. The average Bonchev–Trinajstić information content (AvgIpc) is 2.06. The molecular weight excluding hydrogens is 142 g/mol. The molecular formula is C7H9N3O. The number of aliphatic imine (C=N–C) groups is 3.